The molecule has 1 fully saturated rings. The van der Waals surface area contributed by atoms with E-state index >= 15 is 0 Å². The molecule has 0 radical (unpaired) electrons. The van der Waals surface area contributed by atoms with Gasteiger partial charge < -0.3 is 5.32 Å². The molecular formula is C13H13BrF5N. The Bertz CT molecular complexity index is 465. The highest BCUT2D eigenvalue weighted by Gasteiger charge is 2.45. The SMILES string of the molecule is Fc1cc(Br)cc(F)c1NC1CCCCC1C(F)(F)F. The summed E-state index contributed by atoms with van der Waals surface area (Å²) in [6.07, 6.45) is -3.03. The van der Waals surface area contributed by atoms with E-state index in [2.05, 4.69) is 21.2 Å². The Morgan fingerprint density at radius 3 is 2.15 bits per heavy atom. The molecule has 2 atom stereocenters. The largest absolute Gasteiger partial charge is 0.393 e. The van der Waals surface area contributed by atoms with E-state index in [0.717, 1.165) is 12.1 Å². The van der Waals surface area contributed by atoms with Gasteiger partial charge in [-0.15, -0.1) is 0 Å². The molecule has 0 aromatic heterocycles. The Morgan fingerprint density at radius 2 is 1.60 bits per heavy atom. The second kappa shape index (κ2) is 5.87. The van der Waals surface area contributed by atoms with Gasteiger partial charge in [-0.3, -0.25) is 0 Å². The summed E-state index contributed by atoms with van der Waals surface area (Å²) in [4.78, 5) is 0. The van der Waals surface area contributed by atoms with Crippen molar-refractivity contribution in [3.63, 3.8) is 0 Å². The highest BCUT2D eigenvalue weighted by molar-refractivity contribution is 9.10. The van der Waals surface area contributed by atoms with Crippen LogP contribution in [-0.4, -0.2) is 12.2 Å². The maximum atomic E-state index is 13.7. The number of nitrogens with one attached hydrogen (secondary N) is 1. The zero-order valence-corrected chi connectivity index (χ0v) is 12.0. The fourth-order valence-electron chi connectivity index (χ4n) is 2.56. The second-order valence-corrected chi connectivity index (χ2v) is 5.84. The number of anilines is 1. The summed E-state index contributed by atoms with van der Waals surface area (Å²) >= 11 is 2.93. The molecule has 1 aliphatic carbocycles. The van der Waals surface area contributed by atoms with Gasteiger partial charge in [-0.25, -0.2) is 8.78 Å². The van der Waals surface area contributed by atoms with Crippen molar-refractivity contribution in [1.29, 1.82) is 0 Å². The van der Waals surface area contributed by atoms with Gasteiger partial charge in [0.05, 0.1) is 5.92 Å². The fourth-order valence-corrected chi connectivity index (χ4v) is 2.96. The minimum Gasteiger partial charge on any atom is -0.377 e. The van der Waals surface area contributed by atoms with Crippen LogP contribution >= 0.6 is 15.9 Å². The molecule has 0 spiro atoms. The van der Waals surface area contributed by atoms with Crippen LogP contribution in [0, 0.1) is 17.6 Å². The van der Waals surface area contributed by atoms with E-state index in [0.29, 0.717) is 12.8 Å². The van der Waals surface area contributed by atoms with Crippen molar-refractivity contribution in [3.8, 4) is 0 Å². The van der Waals surface area contributed by atoms with E-state index in [4.69, 9.17) is 0 Å². The van der Waals surface area contributed by atoms with Crippen molar-refractivity contribution in [3.05, 3.63) is 28.2 Å². The molecule has 0 bridgehead atoms. The molecule has 112 valence electrons. The summed E-state index contributed by atoms with van der Waals surface area (Å²) in [5.74, 6) is -3.37. The average molecular weight is 358 g/mol. The zero-order chi connectivity index (χ0) is 14.9. The Labute approximate surface area is 121 Å². The molecule has 1 saturated carbocycles. The summed E-state index contributed by atoms with van der Waals surface area (Å²) in [5.41, 5.74) is -0.491. The number of alkyl halides is 3. The molecule has 2 unspecified atom stereocenters. The second-order valence-electron chi connectivity index (χ2n) is 4.93. The summed E-state index contributed by atoms with van der Waals surface area (Å²) in [6, 6.07) is 1.06. The number of hydrogen-bond donors (Lipinski definition) is 1. The molecule has 0 heterocycles. The van der Waals surface area contributed by atoms with E-state index in [1.165, 1.54) is 0 Å². The predicted octanol–water partition coefficient (Wildman–Crippen LogP) is 5.26. The van der Waals surface area contributed by atoms with E-state index < -0.39 is 35.5 Å². The van der Waals surface area contributed by atoms with Crippen LogP contribution in [-0.2, 0) is 0 Å². The lowest BCUT2D eigenvalue weighted by atomic mass is 9.84. The molecule has 1 nitrogen and oxygen atoms in total. The van der Waals surface area contributed by atoms with Gasteiger partial charge in [-0.05, 0) is 25.0 Å². The van der Waals surface area contributed by atoms with Gasteiger partial charge in [0.15, 0.2) is 0 Å². The summed E-state index contributed by atoms with van der Waals surface area (Å²) in [6.45, 7) is 0. The number of rotatable bonds is 2. The molecule has 2 rings (SSSR count). The molecule has 7 heteroatoms. The van der Waals surface area contributed by atoms with Crippen molar-refractivity contribution >= 4 is 21.6 Å². The number of hydrogen-bond acceptors (Lipinski definition) is 1. The van der Waals surface area contributed by atoms with E-state index in [1.54, 1.807) is 0 Å². The maximum absolute atomic E-state index is 13.7. The number of benzene rings is 1. The highest BCUT2D eigenvalue weighted by atomic mass is 79.9. The normalized spacial score (nSPS) is 23.7. The molecule has 1 N–H and O–H groups in total. The highest BCUT2D eigenvalue weighted by Crippen LogP contribution is 2.39. The van der Waals surface area contributed by atoms with Gasteiger partial charge >= 0.3 is 6.18 Å². The Kier molecular flexibility index (Phi) is 4.56. The van der Waals surface area contributed by atoms with E-state index in [-0.39, 0.29) is 17.3 Å². The van der Waals surface area contributed by atoms with Crippen molar-refractivity contribution < 1.29 is 22.0 Å². The van der Waals surface area contributed by atoms with Crippen molar-refractivity contribution in [2.75, 3.05) is 5.32 Å². The van der Waals surface area contributed by atoms with Crippen LogP contribution in [0.25, 0.3) is 0 Å². The van der Waals surface area contributed by atoms with Crippen molar-refractivity contribution in [2.24, 2.45) is 5.92 Å². The third-order valence-corrected chi connectivity index (χ3v) is 3.98. The third-order valence-electron chi connectivity index (χ3n) is 3.52. The lowest BCUT2D eigenvalue weighted by Crippen LogP contribution is -2.41. The lowest BCUT2D eigenvalue weighted by Gasteiger charge is -2.34. The van der Waals surface area contributed by atoms with Gasteiger partial charge in [-0.2, -0.15) is 13.2 Å². The first-order valence-electron chi connectivity index (χ1n) is 6.27. The third kappa shape index (κ3) is 3.42. The maximum Gasteiger partial charge on any atom is 0.393 e. The lowest BCUT2D eigenvalue weighted by molar-refractivity contribution is -0.184. The first-order chi connectivity index (χ1) is 9.29. The van der Waals surface area contributed by atoms with Crippen LogP contribution in [0.2, 0.25) is 0 Å². The Hall–Kier alpha value is -0.850. The molecule has 0 saturated heterocycles. The Balaban J connectivity index is 2.23. The van der Waals surface area contributed by atoms with Gasteiger partial charge in [0, 0.05) is 10.5 Å². The molecule has 0 aliphatic heterocycles. The van der Waals surface area contributed by atoms with E-state index in [1.807, 2.05) is 0 Å². The van der Waals surface area contributed by atoms with Gasteiger partial charge in [-0.1, -0.05) is 28.8 Å². The number of halogens is 6. The summed E-state index contributed by atoms with van der Waals surface area (Å²) < 4.78 is 66.3. The quantitative estimate of drug-likeness (QED) is 0.711. The van der Waals surface area contributed by atoms with Crippen LogP contribution in [0.15, 0.2) is 16.6 Å². The van der Waals surface area contributed by atoms with Crippen LogP contribution in [0.5, 0.6) is 0 Å². The smallest absolute Gasteiger partial charge is 0.377 e. The molecule has 20 heavy (non-hydrogen) atoms. The molecule has 1 aromatic rings. The van der Waals surface area contributed by atoms with Gasteiger partial charge in [0.1, 0.15) is 17.3 Å². The molecule has 1 aromatic carbocycles. The molecule has 1 aliphatic rings. The van der Waals surface area contributed by atoms with Crippen LogP contribution in [0.1, 0.15) is 25.7 Å². The average Bonchev–Trinajstić information content (AvgIpc) is 2.33. The first-order valence-corrected chi connectivity index (χ1v) is 7.06. The van der Waals surface area contributed by atoms with Crippen LogP contribution in [0.4, 0.5) is 27.6 Å². The molecular weight excluding hydrogens is 345 g/mol. The summed E-state index contributed by atoms with van der Waals surface area (Å²) in [7, 11) is 0. The van der Waals surface area contributed by atoms with Gasteiger partial charge in [0.2, 0.25) is 0 Å². The summed E-state index contributed by atoms with van der Waals surface area (Å²) in [5, 5.41) is 2.41. The van der Waals surface area contributed by atoms with Crippen LogP contribution < -0.4 is 5.32 Å². The van der Waals surface area contributed by atoms with E-state index in [9.17, 15) is 22.0 Å². The minimum absolute atomic E-state index is 0.0130. The van der Waals surface area contributed by atoms with Crippen molar-refractivity contribution in [2.45, 2.75) is 37.9 Å². The monoisotopic (exact) mass is 357 g/mol. The van der Waals surface area contributed by atoms with Gasteiger partial charge in [0.25, 0.3) is 0 Å². The Morgan fingerprint density at radius 1 is 1.05 bits per heavy atom. The standard InChI is InChI=1S/C13H13BrF5N/c14-7-5-9(15)12(10(16)6-7)20-11-4-2-1-3-8(11)13(17,18)19/h5-6,8,11,20H,1-4H2. The topological polar surface area (TPSA) is 12.0 Å². The zero-order valence-electron chi connectivity index (χ0n) is 10.4. The van der Waals surface area contributed by atoms with Crippen LogP contribution in [0.3, 0.4) is 0 Å². The molecule has 0 amide bonds. The minimum atomic E-state index is -4.36. The fraction of sp³-hybridized carbons (Fsp3) is 0.538. The first kappa shape index (κ1) is 15.5. The predicted molar refractivity (Wildman–Crippen MR) is 69.5 cm³/mol. The van der Waals surface area contributed by atoms with Crippen molar-refractivity contribution in [1.82, 2.24) is 0 Å².